The highest BCUT2D eigenvalue weighted by Gasteiger charge is 2.23. The van der Waals surface area contributed by atoms with Gasteiger partial charge in [-0.3, -0.25) is 4.79 Å². The monoisotopic (exact) mass is 453 g/mol. The first-order valence-corrected chi connectivity index (χ1v) is 10.2. The average molecular weight is 454 g/mol. The minimum Gasteiger partial charge on any atom is -0.449 e. The van der Waals surface area contributed by atoms with Crippen LogP contribution in [0.1, 0.15) is 17.3 Å². The summed E-state index contributed by atoms with van der Waals surface area (Å²) in [6, 6.07) is 19.2. The summed E-state index contributed by atoms with van der Waals surface area (Å²) in [4.78, 5) is 33.1. The number of fused-ring (bicyclic) bond motifs is 1. The second-order valence-corrected chi connectivity index (χ2v) is 7.65. The number of aromatic nitrogens is 2. The molecule has 1 aromatic heterocycles. The van der Waals surface area contributed by atoms with Crippen molar-refractivity contribution in [1.82, 2.24) is 9.97 Å². The SMILES string of the molecule is CC(OC(=O)c1ccccc1-c1nc2ccccc2[nH]1)C(=O)Nc1cc(Cl)ccc1Cl. The number of rotatable bonds is 5. The maximum absolute atomic E-state index is 12.9. The number of carbonyl (C=O) groups is 2. The highest BCUT2D eigenvalue weighted by molar-refractivity contribution is 6.35. The molecule has 0 aliphatic carbocycles. The Balaban J connectivity index is 1.53. The van der Waals surface area contributed by atoms with Crippen molar-refractivity contribution in [1.29, 1.82) is 0 Å². The van der Waals surface area contributed by atoms with E-state index in [1.54, 1.807) is 36.4 Å². The third kappa shape index (κ3) is 4.55. The molecule has 2 N–H and O–H groups in total. The highest BCUT2D eigenvalue weighted by atomic mass is 35.5. The maximum atomic E-state index is 12.9. The number of amides is 1. The summed E-state index contributed by atoms with van der Waals surface area (Å²) in [7, 11) is 0. The number of imidazole rings is 1. The smallest absolute Gasteiger partial charge is 0.339 e. The Kier molecular flexibility index (Phi) is 5.93. The largest absolute Gasteiger partial charge is 0.449 e. The number of H-pyrrole nitrogens is 1. The van der Waals surface area contributed by atoms with Crippen LogP contribution in [-0.4, -0.2) is 27.9 Å². The molecule has 0 spiro atoms. The molecular formula is C23H17Cl2N3O3. The third-order valence-electron chi connectivity index (χ3n) is 4.63. The summed E-state index contributed by atoms with van der Waals surface area (Å²) >= 11 is 12.0. The van der Waals surface area contributed by atoms with Gasteiger partial charge in [0.2, 0.25) is 0 Å². The molecule has 6 nitrogen and oxygen atoms in total. The molecule has 0 radical (unpaired) electrons. The van der Waals surface area contributed by atoms with E-state index in [2.05, 4.69) is 15.3 Å². The topological polar surface area (TPSA) is 84.1 Å². The van der Waals surface area contributed by atoms with Crippen molar-refractivity contribution in [2.24, 2.45) is 0 Å². The van der Waals surface area contributed by atoms with E-state index in [4.69, 9.17) is 27.9 Å². The van der Waals surface area contributed by atoms with Crippen LogP contribution in [0.4, 0.5) is 5.69 Å². The van der Waals surface area contributed by atoms with E-state index in [9.17, 15) is 9.59 Å². The van der Waals surface area contributed by atoms with E-state index in [1.165, 1.54) is 13.0 Å². The van der Waals surface area contributed by atoms with Gasteiger partial charge < -0.3 is 15.0 Å². The first-order chi connectivity index (χ1) is 14.9. The molecule has 156 valence electrons. The molecule has 0 saturated heterocycles. The number of hydrogen-bond donors (Lipinski definition) is 2. The first-order valence-electron chi connectivity index (χ1n) is 9.43. The van der Waals surface area contributed by atoms with Gasteiger partial charge in [0, 0.05) is 10.6 Å². The van der Waals surface area contributed by atoms with Gasteiger partial charge in [-0.1, -0.05) is 53.5 Å². The fourth-order valence-electron chi connectivity index (χ4n) is 3.05. The summed E-state index contributed by atoms with van der Waals surface area (Å²) in [6.07, 6.45) is -1.06. The quantitative estimate of drug-likeness (QED) is 0.378. The molecule has 1 heterocycles. The van der Waals surface area contributed by atoms with E-state index in [0.717, 1.165) is 11.0 Å². The predicted molar refractivity (Wildman–Crippen MR) is 121 cm³/mol. The Morgan fingerprint density at radius 1 is 1.03 bits per heavy atom. The second-order valence-electron chi connectivity index (χ2n) is 6.81. The molecule has 8 heteroatoms. The minimum absolute atomic E-state index is 0.294. The van der Waals surface area contributed by atoms with Gasteiger partial charge in [-0.25, -0.2) is 9.78 Å². The van der Waals surface area contributed by atoms with Crippen molar-refractivity contribution < 1.29 is 14.3 Å². The van der Waals surface area contributed by atoms with Crippen LogP contribution in [0.3, 0.4) is 0 Å². The van der Waals surface area contributed by atoms with E-state index in [-0.39, 0.29) is 0 Å². The lowest BCUT2D eigenvalue weighted by atomic mass is 10.1. The number of hydrogen-bond acceptors (Lipinski definition) is 4. The van der Waals surface area contributed by atoms with Crippen LogP contribution >= 0.6 is 23.2 Å². The molecule has 4 rings (SSSR count). The van der Waals surface area contributed by atoms with Gasteiger partial charge in [-0.05, 0) is 43.3 Å². The number of nitrogens with one attached hydrogen (secondary N) is 2. The molecule has 0 aliphatic heterocycles. The van der Waals surface area contributed by atoms with Crippen molar-refractivity contribution >= 4 is 51.8 Å². The lowest BCUT2D eigenvalue weighted by Crippen LogP contribution is -2.30. The maximum Gasteiger partial charge on any atom is 0.339 e. The summed E-state index contributed by atoms with van der Waals surface area (Å²) in [5.41, 5.74) is 2.85. The number of esters is 1. The summed E-state index contributed by atoms with van der Waals surface area (Å²) in [5, 5.41) is 3.37. The standard InChI is InChI=1S/C23H17Cl2N3O3/c1-13(22(29)28-20-12-14(24)10-11-17(20)25)31-23(30)16-7-3-2-6-15(16)21-26-18-8-4-5-9-19(18)27-21/h2-13H,1H3,(H,26,27)(H,28,29). The van der Waals surface area contributed by atoms with E-state index in [1.807, 2.05) is 24.3 Å². The van der Waals surface area contributed by atoms with Crippen molar-refractivity contribution in [3.8, 4) is 11.4 Å². The lowest BCUT2D eigenvalue weighted by Gasteiger charge is -2.15. The van der Waals surface area contributed by atoms with Crippen LogP contribution in [0.2, 0.25) is 10.0 Å². The number of halogens is 2. The molecule has 4 aromatic rings. The van der Waals surface area contributed by atoms with Crippen molar-refractivity contribution in [3.63, 3.8) is 0 Å². The van der Waals surface area contributed by atoms with E-state index in [0.29, 0.717) is 32.7 Å². The van der Waals surface area contributed by atoms with Crippen LogP contribution in [0.15, 0.2) is 66.7 Å². The zero-order chi connectivity index (χ0) is 22.0. The van der Waals surface area contributed by atoms with Gasteiger partial charge in [-0.2, -0.15) is 0 Å². The minimum atomic E-state index is -1.06. The van der Waals surface area contributed by atoms with Gasteiger partial charge in [-0.15, -0.1) is 0 Å². The Hall–Kier alpha value is -3.35. The zero-order valence-electron chi connectivity index (χ0n) is 16.4. The number of carbonyl (C=O) groups excluding carboxylic acids is 2. The van der Waals surface area contributed by atoms with Crippen LogP contribution < -0.4 is 5.32 Å². The molecule has 0 bridgehead atoms. The Morgan fingerprint density at radius 2 is 1.77 bits per heavy atom. The molecule has 1 amide bonds. The Bertz CT molecular complexity index is 1250. The van der Waals surface area contributed by atoms with Crippen LogP contribution in [0, 0.1) is 0 Å². The third-order valence-corrected chi connectivity index (χ3v) is 5.20. The van der Waals surface area contributed by atoms with Crippen LogP contribution in [-0.2, 0) is 9.53 Å². The fraction of sp³-hybridized carbons (Fsp3) is 0.0870. The molecule has 1 atom stereocenters. The van der Waals surface area contributed by atoms with E-state index >= 15 is 0 Å². The first kappa shape index (κ1) is 20.9. The average Bonchev–Trinajstić information content (AvgIpc) is 3.20. The molecular weight excluding hydrogens is 437 g/mol. The fourth-order valence-corrected chi connectivity index (χ4v) is 3.39. The van der Waals surface area contributed by atoms with Crippen LogP contribution in [0.25, 0.3) is 22.4 Å². The molecule has 3 aromatic carbocycles. The zero-order valence-corrected chi connectivity index (χ0v) is 17.9. The molecule has 0 aliphatic rings. The molecule has 31 heavy (non-hydrogen) atoms. The number of nitrogens with zero attached hydrogens (tertiary/aromatic N) is 1. The normalized spacial score (nSPS) is 11.8. The Morgan fingerprint density at radius 3 is 2.58 bits per heavy atom. The van der Waals surface area contributed by atoms with Gasteiger partial charge >= 0.3 is 5.97 Å². The van der Waals surface area contributed by atoms with Crippen molar-refractivity contribution in [2.75, 3.05) is 5.32 Å². The Labute approximate surface area is 188 Å². The van der Waals surface area contributed by atoms with Gasteiger partial charge in [0.15, 0.2) is 6.10 Å². The molecule has 1 unspecified atom stereocenters. The van der Waals surface area contributed by atoms with Gasteiger partial charge in [0.05, 0.1) is 27.3 Å². The molecule has 0 fully saturated rings. The van der Waals surface area contributed by atoms with E-state index < -0.39 is 18.0 Å². The summed E-state index contributed by atoms with van der Waals surface area (Å²) < 4.78 is 5.41. The van der Waals surface area contributed by atoms with Gasteiger partial charge in [0.1, 0.15) is 5.82 Å². The number of aromatic amines is 1. The second kappa shape index (κ2) is 8.79. The van der Waals surface area contributed by atoms with Gasteiger partial charge in [0.25, 0.3) is 5.91 Å². The van der Waals surface area contributed by atoms with Crippen molar-refractivity contribution in [3.05, 3.63) is 82.3 Å². The summed E-state index contributed by atoms with van der Waals surface area (Å²) in [6.45, 7) is 1.48. The van der Waals surface area contributed by atoms with Crippen LogP contribution in [0.5, 0.6) is 0 Å². The number of para-hydroxylation sites is 2. The van der Waals surface area contributed by atoms with Crippen molar-refractivity contribution in [2.45, 2.75) is 13.0 Å². The number of ether oxygens (including phenoxy) is 1. The lowest BCUT2D eigenvalue weighted by molar-refractivity contribution is -0.123. The number of anilines is 1. The highest BCUT2D eigenvalue weighted by Crippen LogP contribution is 2.27. The molecule has 0 saturated carbocycles. The number of benzene rings is 3. The predicted octanol–water partition coefficient (Wildman–Crippen LogP) is 5.72. The summed E-state index contributed by atoms with van der Waals surface area (Å²) in [5.74, 6) is -0.633.